The fraction of sp³-hybridized carbons (Fsp3) is 0.500. The molecule has 1 N–H and O–H groups in total. The number of carbonyl (C=O) groups is 1. The van der Waals surface area contributed by atoms with E-state index >= 15 is 0 Å². The van der Waals surface area contributed by atoms with E-state index in [1.54, 1.807) is 6.20 Å². The highest BCUT2D eigenvalue weighted by atomic mass is 16.7. The van der Waals surface area contributed by atoms with E-state index in [0.717, 1.165) is 16.6 Å². The molecule has 0 saturated carbocycles. The molecule has 0 spiro atoms. The van der Waals surface area contributed by atoms with Crippen molar-refractivity contribution < 1.29 is 14.1 Å². The summed E-state index contributed by atoms with van der Waals surface area (Å²) in [5, 5.41) is 11.8. The summed E-state index contributed by atoms with van der Waals surface area (Å²) in [6.07, 6.45) is 3.52. The molecule has 0 aliphatic carbocycles. The number of nitriles is 1. The highest BCUT2D eigenvalue weighted by Crippen LogP contribution is 2.38. The minimum atomic E-state index is -0.562. The first-order valence-corrected chi connectivity index (χ1v) is 8.23. The third kappa shape index (κ3) is 4.27. The Balaban J connectivity index is 2.35. The molecule has 1 aliphatic heterocycles. The SMILES string of the molecule is CC(=O)NCC(=Cc1cnc(C#N)c(C)c1)B1OC(C)(C)C(C)(C)O1. The van der Waals surface area contributed by atoms with E-state index in [4.69, 9.17) is 14.6 Å². The minimum absolute atomic E-state index is 0.128. The predicted octanol–water partition coefficient (Wildman–Crippen LogP) is 2.41. The average Bonchev–Trinajstić information content (AvgIpc) is 2.71. The molecule has 1 aliphatic rings. The highest BCUT2D eigenvalue weighted by molar-refractivity contribution is 6.56. The smallest absolute Gasteiger partial charge is 0.400 e. The van der Waals surface area contributed by atoms with Crippen LogP contribution in [0.4, 0.5) is 0 Å². The fourth-order valence-electron chi connectivity index (χ4n) is 2.43. The number of nitrogens with one attached hydrogen (secondary N) is 1. The number of amides is 1. The van der Waals surface area contributed by atoms with Gasteiger partial charge in [-0.05, 0) is 57.3 Å². The molecule has 0 radical (unpaired) electrons. The van der Waals surface area contributed by atoms with Crippen LogP contribution < -0.4 is 5.32 Å². The number of nitrogens with zero attached hydrogens (tertiary/aromatic N) is 2. The maximum atomic E-state index is 11.3. The van der Waals surface area contributed by atoms with Gasteiger partial charge in [-0.1, -0.05) is 6.08 Å². The second-order valence-electron chi connectivity index (χ2n) is 7.26. The van der Waals surface area contributed by atoms with E-state index in [2.05, 4.69) is 16.4 Å². The molecule has 1 amide bonds. The van der Waals surface area contributed by atoms with Crippen molar-refractivity contribution in [3.63, 3.8) is 0 Å². The summed E-state index contributed by atoms with van der Waals surface area (Å²) in [7, 11) is -0.562. The van der Waals surface area contributed by atoms with Gasteiger partial charge < -0.3 is 14.6 Å². The first-order valence-electron chi connectivity index (χ1n) is 8.23. The van der Waals surface area contributed by atoms with Crippen molar-refractivity contribution in [1.29, 1.82) is 5.26 Å². The lowest BCUT2D eigenvalue weighted by molar-refractivity contribution is -0.118. The third-order valence-corrected chi connectivity index (χ3v) is 4.65. The van der Waals surface area contributed by atoms with Crippen molar-refractivity contribution in [1.82, 2.24) is 10.3 Å². The first-order chi connectivity index (χ1) is 11.6. The number of hydrogen-bond donors (Lipinski definition) is 1. The lowest BCUT2D eigenvalue weighted by Crippen LogP contribution is -2.41. The van der Waals surface area contributed by atoms with Gasteiger partial charge in [0.1, 0.15) is 11.8 Å². The number of aryl methyl sites for hydroxylation is 1. The molecule has 0 aromatic carbocycles. The quantitative estimate of drug-likeness (QED) is 0.850. The van der Waals surface area contributed by atoms with Crippen molar-refractivity contribution in [3.8, 4) is 6.07 Å². The van der Waals surface area contributed by atoms with Crippen LogP contribution in [0.3, 0.4) is 0 Å². The zero-order chi connectivity index (χ0) is 18.8. The monoisotopic (exact) mass is 341 g/mol. The molecule has 2 heterocycles. The van der Waals surface area contributed by atoms with E-state index in [0.29, 0.717) is 12.2 Å². The molecule has 6 nitrogen and oxygen atoms in total. The normalized spacial score (nSPS) is 18.8. The minimum Gasteiger partial charge on any atom is -0.400 e. The molecule has 1 aromatic heterocycles. The average molecular weight is 341 g/mol. The number of pyridine rings is 1. The Labute approximate surface area is 149 Å². The van der Waals surface area contributed by atoms with Gasteiger partial charge in [-0.2, -0.15) is 5.26 Å². The molecule has 0 unspecified atom stereocenters. The molecular weight excluding hydrogens is 317 g/mol. The van der Waals surface area contributed by atoms with Gasteiger partial charge in [-0.3, -0.25) is 4.79 Å². The fourth-order valence-corrected chi connectivity index (χ4v) is 2.43. The van der Waals surface area contributed by atoms with Crippen LogP contribution in [0, 0.1) is 18.3 Å². The third-order valence-electron chi connectivity index (χ3n) is 4.65. The Morgan fingerprint density at radius 2 is 1.96 bits per heavy atom. The number of rotatable bonds is 4. The van der Waals surface area contributed by atoms with E-state index in [1.165, 1.54) is 6.92 Å². The number of hydrogen-bond acceptors (Lipinski definition) is 5. The van der Waals surface area contributed by atoms with Crippen molar-refractivity contribution in [2.24, 2.45) is 0 Å². The van der Waals surface area contributed by atoms with Crippen molar-refractivity contribution >= 4 is 19.1 Å². The van der Waals surface area contributed by atoms with Gasteiger partial charge in [0.15, 0.2) is 0 Å². The Morgan fingerprint density at radius 3 is 2.44 bits per heavy atom. The van der Waals surface area contributed by atoms with Crippen LogP contribution in [-0.2, 0) is 14.1 Å². The molecule has 1 saturated heterocycles. The standard InChI is InChI=1S/C18H24BN3O3/c1-12-7-14(10-22-16(12)9-20)8-15(11-21-13(2)23)19-24-17(3,4)18(5,6)25-19/h7-8,10H,11H2,1-6H3,(H,21,23). The summed E-state index contributed by atoms with van der Waals surface area (Å²) >= 11 is 0. The Kier molecular flexibility index (Phi) is 5.35. The molecule has 0 atom stereocenters. The molecule has 7 heteroatoms. The molecule has 1 aromatic rings. The van der Waals surface area contributed by atoms with Gasteiger partial charge in [0.25, 0.3) is 0 Å². The Bertz CT molecular complexity index is 734. The van der Waals surface area contributed by atoms with E-state index in [1.807, 2.05) is 46.8 Å². The Hall–Kier alpha value is -2.17. The van der Waals surface area contributed by atoms with Crippen LogP contribution in [-0.4, -0.2) is 35.8 Å². The molecule has 0 bridgehead atoms. The lowest BCUT2D eigenvalue weighted by Gasteiger charge is -2.32. The van der Waals surface area contributed by atoms with Crippen molar-refractivity contribution in [2.45, 2.75) is 52.7 Å². The molecule has 1 fully saturated rings. The molecular formula is C18H24BN3O3. The van der Waals surface area contributed by atoms with Crippen molar-refractivity contribution in [3.05, 3.63) is 34.6 Å². The summed E-state index contributed by atoms with van der Waals surface area (Å²) in [6, 6.07) is 3.93. The first kappa shape index (κ1) is 19.2. The summed E-state index contributed by atoms with van der Waals surface area (Å²) in [5.41, 5.74) is 1.88. The Morgan fingerprint density at radius 1 is 1.36 bits per heavy atom. The van der Waals surface area contributed by atoms with Gasteiger partial charge >= 0.3 is 7.12 Å². The van der Waals surface area contributed by atoms with Gasteiger partial charge in [0.05, 0.1) is 11.2 Å². The number of aromatic nitrogens is 1. The van der Waals surface area contributed by atoms with E-state index in [9.17, 15) is 4.79 Å². The molecule has 25 heavy (non-hydrogen) atoms. The van der Waals surface area contributed by atoms with Gasteiger partial charge in [-0.15, -0.1) is 0 Å². The van der Waals surface area contributed by atoms with Gasteiger partial charge in [-0.25, -0.2) is 4.98 Å². The summed E-state index contributed by atoms with van der Waals surface area (Å²) in [5.74, 6) is -0.128. The maximum absolute atomic E-state index is 11.3. The van der Waals surface area contributed by atoms with E-state index < -0.39 is 18.3 Å². The van der Waals surface area contributed by atoms with Gasteiger partial charge in [0, 0.05) is 19.7 Å². The van der Waals surface area contributed by atoms with Crippen LogP contribution in [0.15, 0.2) is 17.7 Å². The second-order valence-corrected chi connectivity index (χ2v) is 7.26. The lowest BCUT2D eigenvalue weighted by atomic mass is 9.77. The van der Waals surface area contributed by atoms with Gasteiger partial charge in [0.2, 0.25) is 5.91 Å². The van der Waals surface area contributed by atoms with Crippen LogP contribution in [0.1, 0.15) is 51.4 Å². The topological polar surface area (TPSA) is 84.2 Å². The van der Waals surface area contributed by atoms with Crippen LogP contribution >= 0.6 is 0 Å². The predicted molar refractivity (Wildman–Crippen MR) is 96.4 cm³/mol. The van der Waals surface area contributed by atoms with E-state index in [-0.39, 0.29) is 5.91 Å². The summed E-state index contributed by atoms with van der Waals surface area (Å²) < 4.78 is 12.2. The largest absolute Gasteiger partial charge is 0.492 e. The summed E-state index contributed by atoms with van der Waals surface area (Å²) in [4.78, 5) is 15.5. The second kappa shape index (κ2) is 6.99. The number of carbonyl (C=O) groups excluding carboxylic acids is 1. The highest BCUT2D eigenvalue weighted by Gasteiger charge is 2.52. The van der Waals surface area contributed by atoms with Crippen molar-refractivity contribution in [2.75, 3.05) is 6.54 Å². The van der Waals surface area contributed by atoms with Crippen LogP contribution in [0.25, 0.3) is 6.08 Å². The zero-order valence-corrected chi connectivity index (χ0v) is 15.6. The maximum Gasteiger partial charge on any atom is 0.492 e. The molecule has 2 rings (SSSR count). The summed E-state index contributed by atoms with van der Waals surface area (Å²) in [6.45, 7) is 11.5. The zero-order valence-electron chi connectivity index (χ0n) is 15.6. The van der Waals surface area contributed by atoms with Crippen LogP contribution in [0.2, 0.25) is 0 Å². The molecule has 132 valence electrons. The van der Waals surface area contributed by atoms with Crippen LogP contribution in [0.5, 0.6) is 0 Å².